The van der Waals surface area contributed by atoms with Crippen LogP contribution in [0, 0.1) is 0 Å². The topological polar surface area (TPSA) is 88.3 Å². The Hall–Kier alpha value is -2.11. The van der Waals surface area contributed by atoms with Crippen LogP contribution >= 0.6 is 0 Å². The van der Waals surface area contributed by atoms with Gasteiger partial charge in [-0.25, -0.2) is 4.98 Å². The number of nitrogens with two attached hydrogens (primary N) is 1. The monoisotopic (exact) mass is 302 g/mol. The van der Waals surface area contributed by atoms with E-state index in [0.29, 0.717) is 18.4 Å². The van der Waals surface area contributed by atoms with Crippen molar-refractivity contribution in [2.45, 2.75) is 44.1 Å². The molecule has 2 aliphatic rings. The second-order valence-electron chi connectivity index (χ2n) is 6.21. The molecule has 6 nitrogen and oxygen atoms in total. The number of carbonyl (C=O) groups is 2. The van der Waals surface area contributed by atoms with Crippen molar-refractivity contribution in [1.82, 2.24) is 10.3 Å². The minimum Gasteiger partial charge on any atom is -0.368 e. The average Bonchev–Trinajstić information content (AvgIpc) is 2.47. The highest BCUT2D eigenvalue weighted by Gasteiger charge is 2.39. The Kier molecular flexibility index (Phi) is 4.00. The maximum absolute atomic E-state index is 12.4. The number of hydrogen-bond acceptors (Lipinski definition) is 4. The van der Waals surface area contributed by atoms with Crippen LogP contribution in [0.5, 0.6) is 0 Å². The molecule has 0 bridgehead atoms. The molecule has 118 valence electrons. The summed E-state index contributed by atoms with van der Waals surface area (Å²) in [6, 6.07) is 3.61. The predicted molar refractivity (Wildman–Crippen MR) is 83.5 cm³/mol. The van der Waals surface area contributed by atoms with E-state index in [-0.39, 0.29) is 5.91 Å². The maximum Gasteiger partial charge on any atom is 0.253 e. The van der Waals surface area contributed by atoms with E-state index in [1.54, 1.807) is 12.3 Å². The Morgan fingerprint density at radius 3 is 2.36 bits per heavy atom. The molecule has 0 spiro atoms. The molecule has 0 radical (unpaired) electrons. The van der Waals surface area contributed by atoms with Crippen molar-refractivity contribution in [2.24, 2.45) is 5.73 Å². The SMILES string of the molecule is NC(=O)C1(NC(=O)c2ccc(N3CCC3)nc2)CCCCC1. The van der Waals surface area contributed by atoms with Crippen molar-refractivity contribution in [1.29, 1.82) is 0 Å². The van der Waals surface area contributed by atoms with Crippen molar-refractivity contribution in [3.8, 4) is 0 Å². The molecule has 1 aromatic rings. The molecule has 6 heteroatoms. The lowest BCUT2D eigenvalue weighted by molar-refractivity contribution is -0.125. The molecule has 1 aromatic heterocycles. The van der Waals surface area contributed by atoms with Crippen molar-refractivity contribution < 1.29 is 9.59 Å². The third kappa shape index (κ3) is 2.77. The fraction of sp³-hybridized carbons (Fsp3) is 0.562. The summed E-state index contributed by atoms with van der Waals surface area (Å²) in [5.74, 6) is 0.180. The number of rotatable bonds is 4. The fourth-order valence-corrected chi connectivity index (χ4v) is 3.13. The summed E-state index contributed by atoms with van der Waals surface area (Å²) >= 11 is 0. The van der Waals surface area contributed by atoms with Gasteiger partial charge in [-0.2, -0.15) is 0 Å². The predicted octanol–water partition coefficient (Wildman–Crippen LogP) is 1.21. The summed E-state index contributed by atoms with van der Waals surface area (Å²) in [4.78, 5) is 30.7. The van der Waals surface area contributed by atoms with Crippen LogP contribution in [-0.2, 0) is 4.79 Å². The van der Waals surface area contributed by atoms with Crippen molar-refractivity contribution in [3.05, 3.63) is 23.9 Å². The average molecular weight is 302 g/mol. The summed E-state index contributed by atoms with van der Waals surface area (Å²) in [6.45, 7) is 2.03. The standard InChI is InChI=1S/C16H22N4O2/c17-15(22)16(7-2-1-3-8-16)19-14(21)12-5-6-13(18-11-12)20-9-4-10-20/h5-6,11H,1-4,7-10H2,(H2,17,22)(H,19,21). The zero-order valence-corrected chi connectivity index (χ0v) is 12.7. The largest absolute Gasteiger partial charge is 0.368 e. The lowest BCUT2D eigenvalue weighted by Crippen LogP contribution is -2.58. The normalized spacial score (nSPS) is 20.1. The molecule has 2 amide bonds. The molecule has 1 aliphatic heterocycles. The minimum atomic E-state index is -0.897. The number of amides is 2. The molecule has 0 unspecified atom stereocenters. The molecule has 1 saturated carbocycles. The number of aromatic nitrogens is 1. The molecule has 1 aliphatic carbocycles. The number of anilines is 1. The van der Waals surface area contributed by atoms with Gasteiger partial charge in [0.25, 0.3) is 5.91 Å². The lowest BCUT2D eigenvalue weighted by Gasteiger charge is -2.35. The quantitative estimate of drug-likeness (QED) is 0.875. The summed E-state index contributed by atoms with van der Waals surface area (Å²) < 4.78 is 0. The van der Waals surface area contributed by atoms with Gasteiger partial charge >= 0.3 is 0 Å². The molecule has 3 rings (SSSR count). The lowest BCUT2D eigenvalue weighted by atomic mass is 9.81. The number of pyridine rings is 1. The van der Waals surface area contributed by atoms with Crippen LogP contribution in [0.25, 0.3) is 0 Å². The number of nitrogens with one attached hydrogen (secondary N) is 1. The van der Waals surface area contributed by atoms with E-state index in [9.17, 15) is 9.59 Å². The first kappa shape index (κ1) is 14.8. The second-order valence-corrected chi connectivity index (χ2v) is 6.21. The Morgan fingerprint density at radius 1 is 1.14 bits per heavy atom. The molecular weight excluding hydrogens is 280 g/mol. The van der Waals surface area contributed by atoms with Gasteiger partial charge in [-0.3, -0.25) is 9.59 Å². The fourth-order valence-electron chi connectivity index (χ4n) is 3.13. The van der Waals surface area contributed by atoms with Gasteiger partial charge in [-0.05, 0) is 31.4 Å². The van der Waals surface area contributed by atoms with E-state index in [0.717, 1.165) is 38.2 Å². The second kappa shape index (κ2) is 5.94. The van der Waals surface area contributed by atoms with Crippen molar-refractivity contribution in [3.63, 3.8) is 0 Å². The summed E-state index contributed by atoms with van der Waals surface area (Å²) in [5.41, 5.74) is 5.11. The van der Waals surface area contributed by atoms with Crippen LogP contribution < -0.4 is 16.0 Å². The Balaban J connectivity index is 1.71. The third-order valence-corrected chi connectivity index (χ3v) is 4.72. The summed E-state index contributed by atoms with van der Waals surface area (Å²) in [7, 11) is 0. The molecule has 0 aromatic carbocycles. The van der Waals surface area contributed by atoms with Crippen LogP contribution in [0.1, 0.15) is 48.9 Å². The Morgan fingerprint density at radius 2 is 1.86 bits per heavy atom. The number of primary amides is 1. The highest BCUT2D eigenvalue weighted by Crippen LogP contribution is 2.28. The number of hydrogen-bond donors (Lipinski definition) is 2. The van der Waals surface area contributed by atoms with E-state index < -0.39 is 11.4 Å². The summed E-state index contributed by atoms with van der Waals surface area (Å²) in [6.07, 6.45) is 6.90. The van der Waals surface area contributed by atoms with E-state index >= 15 is 0 Å². The zero-order chi connectivity index (χ0) is 15.6. The van der Waals surface area contributed by atoms with Crippen molar-refractivity contribution >= 4 is 17.6 Å². The molecular formula is C16H22N4O2. The molecule has 1 saturated heterocycles. The maximum atomic E-state index is 12.4. The highest BCUT2D eigenvalue weighted by atomic mass is 16.2. The van der Waals surface area contributed by atoms with E-state index in [2.05, 4.69) is 15.2 Å². The third-order valence-electron chi connectivity index (χ3n) is 4.72. The smallest absolute Gasteiger partial charge is 0.253 e. The van der Waals surface area contributed by atoms with Gasteiger partial charge in [0.15, 0.2) is 0 Å². The van der Waals surface area contributed by atoms with E-state index in [1.807, 2.05) is 6.07 Å². The van der Waals surface area contributed by atoms with Gasteiger partial charge in [0, 0.05) is 19.3 Å². The zero-order valence-electron chi connectivity index (χ0n) is 12.7. The minimum absolute atomic E-state index is 0.275. The van der Waals surface area contributed by atoms with Gasteiger partial charge in [0.2, 0.25) is 5.91 Å². The first-order valence-electron chi connectivity index (χ1n) is 7.94. The Labute approximate surface area is 130 Å². The van der Waals surface area contributed by atoms with Gasteiger partial charge < -0.3 is 16.0 Å². The Bertz CT molecular complexity index is 560. The van der Waals surface area contributed by atoms with Crippen LogP contribution in [-0.4, -0.2) is 35.4 Å². The van der Waals surface area contributed by atoms with Gasteiger partial charge in [-0.15, -0.1) is 0 Å². The molecule has 2 heterocycles. The highest BCUT2D eigenvalue weighted by molar-refractivity contribution is 5.98. The number of carbonyl (C=O) groups excluding carboxylic acids is 2. The van der Waals surface area contributed by atoms with Gasteiger partial charge in [0.05, 0.1) is 5.56 Å². The molecule has 2 fully saturated rings. The van der Waals surface area contributed by atoms with Gasteiger partial charge in [0.1, 0.15) is 11.4 Å². The van der Waals surface area contributed by atoms with Gasteiger partial charge in [-0.1, -0.05) is 19.3 Å². The first-order chi connectivity index (χ1) is 10.6. The van der Waals surface area contributed by atoms with Crippen LogP contribution in [0.15, 0.2) is 18.3 Å². The van der Waals surface area contributed by atoms with Crippen LogP contribution in [0.3, 0.4) is 0 Å². The van der Waals surface area contributed by atoms with E-state index in [4.69, 9.17) is 5.73 Å². The summed E-state index contributed by atoms with van der Waals surface area (Å²) in [5, 5.41) is 2.86. The first-order valence-corrected chi connectivity index (χ1v) is 7.94. The van der Waals surface area contributed by atoms with Crippen LogP contribution in [0.2, 0.25) is 0 Å². The number of nitrogens with zero attached hydrogens (tertiary/aromatic N) is 2. The molecule has 3 N–H and O–H groups in total. The van der Waals surface area contributed by atoms with E-state index in [1.165, 1.54) is 6.42 Å². The molecule has 0 atom stereocenters. The molecule has 22 heavy (non-hydrogen) atoms. The van der Waals surface area contributed by atoms with Crippen molar-refractivity contribution in [2.75, 3.05) is 18.0 Å². The van der Waals surface area contributed by atoms with Crippen LogP contribution in [0.4, 0.5) is 5.82 Å².